The number of methoxy groups -OCH3 is 1. The molecule has 2 rings (SSSR count). The molecule has 0 amide bonds. The average Bonchev–Trinajstić information content (AvgIpc) is 2.91. The Morgan fingerprint density at radius 1 is 1.42 bits per heavy atom. The lowest BCUT2D eigenvalue weighted by atomic mass is 10.0. The fourth-order valence-electron chi connectivity index (χ4n) is 2.71. The van der Waals surface area contributed by atoms with E-state index < -0.39 is 32.8 Å². The summed E-state index contributed by atoms with van der Waals surface area (Å²) in [4.78, 5) is 11.5. The minimum atomic E-state index is -3.70. The van der Waals surface area contributed by atoms with E-state index in [4.69, 9.17) is 16.3 Å². The van der Waals surface area contributed by atoms with Gasteiger partial charge in [-0.25, -0.2) is 13.2 Å². The highest BCUT2D eigenvalue weighted by molar-refractivity contribution is 7.92. The van der Waals surface area contributed by atoms with Crippen LogP contribution in [0.4, 0.5) is 0 Å². The Morgan fingerprint density at radius 2 is 2.04 bits per heavy atom. The summed E-state index contributed by atoms with van der Waals surface area (Å²) in [6, 6.07) is 5.97. The molecule has 1 aliphatic rings. The molecule has 0 N–H and O–H groups in total. The van der Waals surface area contributed by atoms with E-state index in [0.717, 1.165) is 0 Å². The second kappa shape index (κ2) is 7.09. The van der Waals surface area contributed by atoms with E-state index in [-0.39, 0.29) is 11.3 Å². The molecule has 1 heterocycles. The third-order valence-electron chi connectivity index (χ3n) is 4.02. The number of sulfone groups is 1. The van der Waals surface area contributed by atoms with Crippen molar-refractivity contribution in [1.82, 2.24) is 0 Å². The molecule has 0 bridgehead atoms. The molecular formula is C17H19ClO5S. The fourth-order valence-corrected chi connectivity index (χ4v) is 4.87. The lowest BCUT2D eigenvalue weighted by molar-refractivity contribution is -0.135. The smallest absolute Gasteiger partial charge is 0.330 e. The molecule has 3 atom stereocenters. The first kappa shape index (κ1) is 18.7. The van der Waals surface area contributed by atoms with Gasteiger partial charge in [-0.3, -0.25) is 0 Å². The third kappa shape index (κ3) is 3.71. The van der Waals surface area contributed by atoms with Gasteiger partial charge in [-0.1, -0.05) is 17.7 Å². The van der Waals surface area contributed by atoms with Crippen molar-refractivity contribution >= 4 is 27.4 Å². The standard InChI is InChI=1S/C17H19ClO5S/c1-4-13-11-15(17(2,23-13)10-9-16(19)22-3)24(20,21)14-7-5-12(18)6-8-14/h4-10,13,15H,1,11H2,2-3H3/b10-9+/t13-,15+,17+/m1/s1. The minimum absolute atomic E-state index is 0.155. The molecule has 1 fully saturated rings. The van der Waals surface area contributed by atoms with Gasteiger partial charge in [0.15, 0.2) is 9.84 Å². The van der Waals surface area contributed by atoms with Crippen molar-refractivity contribution in [3.05, 3.63) is 54.1 Å². The van der Waals surface area contributed by atoms with Crippen LogP contribution in [0.3, 0.4) is 0 Å². The molecule has 1 saturated heterocycles. The van der Waals surface area contributed by atoms with Crippen LogP contribution in [0.15, 0.2) is 54.0 Å². The van der Waals surface area contributed by atoms with Crippen molar-refractivity contribution in [2.45, 2.75) is 35.2 Å². The average molecular weight is 371 g/mol. The van der Waals surface area contributed by atoms with E-state index in [1.807, 2.05) is 0 Å². The van der Waals surface area contributed by atoms with Gasteiger partial charge in [-0.2, -0.15) is 0 Å². The minimum Gasteiger partial charge on any atom is -0.466 e. The quantitative estimate of drug-likeness (QED) is 0.453. The van der Waals surface area contributed by atoms with Crippen molar-refractivity contribution in [3.8, 4) is 0 Å². The molecule has 130 valence electrons. The van der Waals surface area contributed by atoms with Gasteiger partial charge in [0.1, 0.15) is 10.9 Å². The summed E-state index contributed by atoms with van der Waals surface area (Å²) >= 11 is 5.83. The molecule has 0 aromatic heterocycles. The number of esters is 1. The third-order valence-corrected chi connectivity index (χ3v) is 6.61. The van der Waals surface area contributed by atoms with Crippen LogP contribution < -0.4 is 0 Å². The number of halogens is 1. The molecule has 5 nitrogen and oxygen atoms in total. The summed E-state index contributed by atoms with van der Waals surface area (Å²) in [5.41, 5.74) is -1.18. The van der Waals surface area contributed by atoms with E-state index in [1.165, 1.54) is 43.5 Å². The molecular weight excluding hydrogens is 352 g/mol. The summed E-state index contributed by atoms with van der Waals surface area (Å²) < 4.78 is 36.4. The van der Waals surface area contributed by atoms with E-state index in [2.05, 4.69) is 11.3 Å². The van der Waals surface area contributed by atoms with Crippen LogP contribution in [0.1, 0.15) is 13.3 Å². The van der Waals surface area contributed by atoms with E-state index in [1.54, 1.807) is 13.0 Å². The highest BCUT2D eigenvalue weighted by Crippen LogP contribution is 2.39. The summed E-state index contributed by atoms with van der Waals surface area (Å²) in [5, 5.41) is -0.413. The summed E-state index contributed by atoms with van der Waals surface area (Å²) in [7, 11) is -2.45. The predicted molar refractivity (Wildman–Crippen MR) is 91.7 cm³/mol. The number of benzene rings is 1. The maximum atomic E-state index is 13.0. The Bertz CT molecular complexity index is 754. The second-order valence-electron chi connectivity index (χ2n) is 5.66. The van der Waals surface area contributed by atoms with Gasteiger partial charge in [0, 0.05) is 11.1 Å². The van der Waals surface area contributed by atoms with Crippen LogP contribution in [0.5, 0.6) is 0 Å². The van der Waals surface area contributed by atoms with Crippen molar-refractivity contribution < 1.29 is 22.7 Å². The van der Waals surface area contributed by atoms with Gasteiger partial charge < -0.3 is 9.47 Å². The number of hydrogen-bond donors (Lipinski definition) is 0. The van der Waals surface area contributed by atoms with Gasteiger partial charge in [-0.15, -0.1) is 6.58 Å². The van der Waals surface area contributed by atoms with Crippen LogP contribution in [-0.4, -0.2) is 38.5 Å². The first-order valence-corrected chi connectivity index (χ1v) is 9.22. The zero-order valence-corrected chi connectivity index (χ0v) is 15.0. The lowest BCUT2D eigenvalue weighted by Crippen LogP contribution is -2.39. The van der Waals surface area contributed by atoms with E-state index in [9.17, 15) is 13.2 Å². The van der Waals surface area contributed by atoms with Crippen molar-refractivity contribution in [2.75, 3.05) is 7.11 Å². The molecule has 1 aliphatic heterocycles. The maximum Gasteiger partial charge on any atom is 0.330 e. The maximum absolute atomic E-state index is 13.0. The molecule has 0 spiro atoms. The zero-order chi connectivity index (χ0) is 18.0. The molecule has 0 saturated carbocycles. The summed E-state index contributed by atoms with van der Waals surface area (Å²) in [6.45, 7) is 5.30. The van der Waals surface area contributed by atoms with Gasteiger partial charge >= 0.3 is 5.97 Å². The number of ether oxygens (including phenoxy) is 2. The largest absolute Gasteiger partial charge is 0.466 e. The first-order chi connectivity index (χ1) is 11.2. The topological polar surface area (TPSA) is 69.7 Å². The zero-order valence-electron chi connectivity index (χ0n) is 13.4. The van der Waals surface area contributed by atoms with E-state index >= 15 is 0 Å². The second-order valence-corrected chi connectivity index (χ2v) is 8.22. The van der Waals surface area contributed by atoms with Crippen molar-refractivity contribution in [2.24, 2.45) is 0 Å². The number of rotatable bonds is 5. The van der Waals surface area contributed by atoms with Crippen molar-refractivity contribution in [3.63, 3.8) is 0 Å². The van der Waals surface area contributed by atoms with Crippen LogP contribution in [-0.2, 0) is 24.1 Å². The Hall–Kier alpha value is -1.63. The molecule has 1 aromatic carbocycles. The summed E-state index contributed by atoms with van der Waals surface area (Å²) in [6.07, 6.45) is 3.98. The normalized spacial score (nSPS) is 27.3. The highest BCUT2D eigenvalue weighted by atomic mass is 35.5. The van der Waals surface area contributed by atoms with Crippen LogP contribution in [0.25, 0.3) is 0 Å². The van der Waals surface area contributed by atoms with Gasteiger partial charge in [0.25, 0.3) is 0 Å². The van der Waals surface area contributed by atoms with Crippen LogP contribution in [0.2, 0.25) is 5.02 Å². The molecule has 0 aliphatic carbocycles. The molecule has 0 radical (unpaired) electrons. The molecule has 7 heteroatoms. The predicted octanol–water partition coefficient (Wildman–Crippen LogP) is 2.95. The molecule has 1 aromatic rings. The number of hydrogen-bond acceptors (Lipinski definition) is 5. The number of carbonyl (C=O) groups is 1. The van der Waals surface area contributed by atoms with E-state index in [0.29, 0.717) is 5.02 Å². The van der Waals surface area contributed by atoms with Crippen molar-refractivity contribution in [1.29, 1.82) is 0 Å². The number of carbonyl (C=O) groups excluding carboxylic acids is 1. The van der Waals surface area contributed by atoms with Gasteiger partial charge in [-0.05, 0) is 43.7 Å². The monoisotopic (exact) mass is 370 g/mol. The Balaban J connectivity index is 2.43. The molecule has 24 heavy (non-hydrogen) atoms. The van der Waals surface area contributed by atoms with Gasteiger partial charge in [0.05, 0.1) is 18.1 Å². The first-order valence-electron chi connectivity index (χ1n) is 7.30. The highest BCUT2D eigenvalue weighted by Gasteiger charge is 2.50. The van der Waals surface area contributed by atoms with Crippen LogP contribution in [0, 0.1) is 0 Å². The van der Waals surface area contributed by atoms with Crippen LogP contribution >= 0.6 is 11.6 Å². The molecule has 0 unspecified atom stereocenters. The summed E-state index contributed by atoms with van der Waals surface area (Å²) in [5.74, 6) is -0.579. The lowest BCUT2D eigenvalue weighted by Gasteiger charge is -2.27. The van der Waals surface area contributed by atoms with Gasteiger partial charge in [0.2, 0.25) is 0 Å². The Labute approximate surface area is 146 Å². The Morgan fingerprint density at radius 3 is 2.58 bits per heavy atom. The fraction of sp³-hybridized carbons (Fsp3) is 0.353. The SMILES string of the molecule is C=C[C@@H]1C[C@H](S(=O)(=O)c2ccc(Cl)cc2)[C@](C)(/C=C/C(=O)OC)O1. The Kier molecular flexibility index (Phi) is 5.52.